The van der Waals surface area contributed by atoms with Crippen LogP contribution in [0.2, 0.25) is 5.02 Å². The molecule has 0 aromatic heterocycles. The lowest BCUT2D eigenvalue weighted by Gasteiger charge is -2.28. The number of aliphatic hydroxyl groups excluding tert-OH is 1. The van der Waals surface area contributed by atoms with Crippen LogP contribution in [0, 0.1) is 5.82 Å². The van der Waals surface area contributed by atoms with Crippen LogP contribution in [0.25, 0.3) is 0 Å². The third kappa shape index (κ3) is 4.98. The molecule has 1 atom stereocenters. The average Bonchev–Trinajstić information content (AvgIpc) is 2.36. The first kappa shape index (κ1) is 16.7. The van der Waals surface area contributed by atoms with Crippen molar-refractivity contribution in [2.45, 2.75) is 39.5 Å². The van der Waals surface area contributed by atoms with Crippen LogP contribution >= 0.6 is 11.6 Å². The average molecular weight is 303 g/mol. The zero-order valence-electron chi connectivity index (χ0n) is 11.9. The highest BCUT2D eigenvalue weighted by molar-refractivity contribution is 6.30. The van der Waals surface area contributed by atoms with Gasteiger partial charge in [0.15, 0.2) is 0 Å². The molecular weight excluding hydrogens is 283 g/mol. The maximum absolute atomic E-state index is 13.0. The number of hydrogen-bond donors (Lipinski definition) is 2. The largest absolute Gasteiger partial charge is 0.392 e. The quantitative estimate of drug-likeness (QED) is 0.879. The Bertz CT molecular complexity index is 466. The predicted octanol–water partition coefficient (Wildman–Crippen LogP) is 2.78. The second kappa shape index (κ2) is 7.45. The molecule has 0 saturated heterocycles. The van der Waals surface area contributed by atoms with E-state index >= 15 is 0 Å². The van der Waals surface area contributed by atoms with Crippen molar-refractivity contribution in [3.8, 4) is 0 Å². The number of rotatable bonds is 5. The van der Waals surface area contributed by atoms with E-state index in [1.807, 2.05) is 13.8 Å². The molecule has 2 N–H and O–H groups in total. The first-order valence-corrected chi connectivity index (χ1v) is 6.85. The third-order valence-electron chi connectivity index (χ3n) is 2.77. The van der Waals surface area contributed by atoms with Crippen LogP contribution < -0.4 is 5.32 Å². The minimum Gasteiger partial charge on any atom is -0.392 e. The van der Waals surface area contributed by atoms with Gasteiger partial charge < -0.3 is 15.3 Å². The highest BCUT2D eigenvalue weighted by Crippen LogP contribution is 2.15. The summed E-state index contributed by atoms with van der Waals surface area (Å²) in [6.07, 6.45) is -0.594. The molecule has 1 aromatic rings. The van der Waals surface area contributed by atoms with Gasteiger partial charge in [0.2, 0.25) is 0 Å². The second-order valence-corrected chi connectivity index (χ2v) is 5.41. The van der Waals surface area contributed by atoms with E-state index in [1.165, 1.54) is 17.0 Å². The van der Waals surface area contributed by atoms with Crippen LogP contribution in [0.5, 0.6) is 0 Å². The molecule has 1 aromatic carbocycles. The number of aliphatic hydroxyl groups is 1. The van der Waals surface area contributed by atoms with Crippen molar-refractivity contribution in [3.05, 3.63) is 34.6 Å². The van der Waals surface area contributed by atoms with Gasteiger partial charge in [-0.3, -0.25) is 0 Å². The molecule has 0 fully saturated rings. The molecule has 0 heterocycles. The van der Waals surface area contributed by atoms with Gasteiger partial charge in [-0.05, 0) is 38.5 Å². The zero-order chi connectivity index (χ0) is 15.3. The molecule has 20 heavy (non-hydrogen) atoms. The van der Waals surface area contributed by atoms with Crippen molar-refractivity contribution in [1.29, 1.82) is 0 Å². The van der Waals surface area contributed by atoms with Crippen molar-refractivity contribution < 1.29 is 14.3 Å². The Morgan fingerprint density at radius 1 is 1.45 bits per heavy atom. The topological polar surface area (TPSA) is 52.6 Å². The fraction of sp³-hybridized carbons (Fsp3) is 0.500. The van der Waals surface area contributed by atoms with Gasteiger partial charge in [-0.1, -0.05) is 17.7 Å². The number of nitrogens with one attached hydrogen (secondary N) is 1. The number of nitrogens with zero attached hydrogens (tertiary/aromatic N) is 1. The van der Waals surface area contributed by atoms with E-state index in [0.717, 1.165) is 0 Å². The van der Waals surface area contributed by atoms with E-state index in [2.05, 4.69) is 5.32 Å². The zero-order valence-corrected chi connectivity index (χ0v) is 12.6. The van der Waals surface area contributed by atoms with Crippen LogP contribution in [0.4, 0.5) is 9.18 Å². The minimum absolute atomic E-state index is 0.0265. The van der Waals surface area contributed by atoms with Crippen molar-refractivity contribution in [2.75, 3.05) is 6.54 Å². The molecule has 0 bridgehead atoms. The summed E-state index contributed by atoms with van der Waals surface area (Å²) < 4.78 is 13.0. The van der Waals surface area contributed by atoms with Gasteiger partial charge in [0.1, 0.15) is 5.82 Å². The number of carbonyl (C=O) groups is 1. The summed E-state index contributed by atoms with van der Waals surface area (Å²) >= 11 is 5.68. The second-order valence-electron chi connectivity index (χ2n) is 5.00. The number of amides is 2. The molecule has 0 saturated carbocycles. The van der Waals surface area contributed by atoms with E-state index in [0.29, 0.717) is 5.56 Å². The maximum atomic E-state index is 13.0. The van der Waals surface area contributed by atoms with Gasteiger partial charge in [0, 0.05) is 19.1 Å². The summed E-state index contributed by atoms with van der Waals surface area (Å²) in [5.41, 5.74) is 0.713. The Kier molecular flexibility index (Phi) is 6.23. The number of urea groups is 1. The summed E-state index contributed by atoms with van der Waals surface area (Å²) in [7, 11) is 0. The molecule has 1 unspecified atom stereocenters. The Morgan fingerprint density at radius 2 is 2.10 bits per heavy atom. The summed E-state index contributed by atoms with van der Waals surface area (Å²) in [5.74, 6) is -0.486. The van der Waals surface area contributed by atoms with Gasteiger partial charge >= 0.3 is 6.03 Å². The Labute approximate surface area is 123 Å². The lowest BCUT2D eigenvalue weighted by atomic mass is 10.2. The van der Waals surface area contributed by atoms with Crippen molar-refractivity contribution in [2.24, 2.45) is 0 Å². The normalized spacial score (nSPS) is 12.3. The van der Waals surface area contributed by atoms with Crippen molar-refractivity contribution in [1.82, 2.24) is 10.2 Å². The van der Waals surface area contributed by atoms with E-state index in [9.17, 15) is 14.3 Å². The molecule has 1 rings (SSSR count). The molecule has 0 aliphatic carbocycles. The lowest BCUT2D eigenvalue weighted by molar-refractivity contribution is 0.119. The van der Waals surface area contributed by atoms with Crippen LogP contribution in [0.3, 0.4) is 0 Å². The standard InChI is InChI=1S/C14H20ClFN2O2/c1-9(2)18(8-10(3)19)14(20)17-7-11-4-5-13(16)12(15)6-11/h4-6,9-10,19H,7-8H2,1-3H3,(H,17,20). The Morgan fingerprint density at radius 3 is 2.60 bits per heavy atom. The Hall–Kier alpha value is -1.33. The first-order valence-electron chi connectivity index (χ1n) is 6.47. The lowest BCUT2D eigenvalue weighted by Crippen LogP contribution is -2.46. The van der Waals surface area contributed by atoms with E-state index in [-0.39, 0.29) is 30.2 Å². The van der Waals surface area contributed by atoms with Crippen LogP contribution in [-0.4, -0.2) is 34.7 Å². The molecule has 0 spiro atoms. The third-order valence-corrected chi connectivity index (χ3v) is 3.06. The Balaban J connectivity index is 2.62. The number of hydrogen-bond acceptors (Lipinski definition) is 2. The number of carbonyl (C=O) groups excluding carboxylic acids is 1. The number of halogens is 2. The number of benzene rings is 1. The fourth-order valence-electron chi connectivity index (χ4n) is 1.74. The highest BCUT2D eigenvalue weighted by Gasteiger charge is 2.18. The van der Waals surface area contributed by atoms with Gasteiger partial charge in [-0.15, -0.1) is 0 Å². The molecule has 0 aliphatic rings. The van der Waals surface area contributed by atoms with E-state index in [4.69, 9.17) is 11.6 Å². The molecule has 2 amide bonds. The van der Waals surface area contributed by atoms with E-state index in [1.54, 1.807) is 13.0 Å². The maximum Gasteiger partial charge on any atom is 0.317 e. The van der Waals surface area contributed by atoms with Crippen LogP contribution in [-0.2, 0) is 6.54 Å². The van der Waals surface area contributed by atoms with Gasteiger partial charge in [-0.25, -0.2) is 9.18 Å². The van der Waals surface area contributed by atoms with E-state index < -0.39 is 11.9 Å². The van der Waals surface area contributed by atoms with Crippen LogP contribution in [0.1, 0.15) is 26.3 Å². The van der Waals surface area contributed by atoms with Gasteiger partial charge in [0.05, 0.1) is 11.1 Å². The monoisotopic (exact) mass is 302 g/mol. The molecule has 112 valence electrons. The first-order chi connectivity index (χ1) is 9.31. The van der Waals surface area contributed by atoms with Gasteiger partial charge in [0.25, 0.3) is 0 Å². The van der Waals surface area contributed by atoms with Crippen LogP contribution in [0.15, 0.2) is 18.2 Å². The van der Waals surface area contributed by atoms with Crippen molar-refractivity contribution >= 4 is 17.6 Å². The molecule has 0 aliphatic heterocycles. The van der Waals surface area contributed by atoms with Crippen molar-refractivity contribution in [3.63, 3.8) is 0 Å². The molecule has 4 nitrogen and oxygen atoms in total. The minimum atomic E-state index is -0.594. The fourth-order valence-corrected chi connectivity index (χ4v) is 1.94. The molecule has 6 heteroatoms. The SMILES string of the molecule is CC(O)CN(C(=O)NCc1ccc(F)c(Cl)c1)C(C)C. The highest BCUT2D eigenvalue weighted by atomic mass is 35.5. The predicted molar refractivity (Wildman–Crippen MR) is 77.2 cm³/mol. The summed E-state index contributed by atoms with van der Waals surface area (Å²) in [6, 6.07) is 4.00. The summed E-state index contributed by atoms with van der Waals surface area (Å²) in [6.45, 7) is 5.88. The molecule has 0 radical (unpaired) electrons. The van der Waals surface area contributed by atoms with Gasteiger partial charge in [-0.2, -0.15) is 0 Å². The summed E-state index contributed by atoms with van der Waals surface area (Å²) in [4.78, 5) is 13.6. The summed E-state index contributed by atoms with van der Waals surface area (Å²) in [5, 5.41) is 12.1. The smallest absolute Gasteiger partial charge is 0.317 e. The molecular formula is C14H20ClFN2O2.